The summed E-state index contributed by atoms with van der Waals surface area (Å²) in [6.45, 7) is 4.73. The Kier molecular flexibility index (Phi) is 7.91. The molecular weight excluding hydrogens is 699 g/mol. The second-order valence-corrected chi connectivity index (χ2v) is 16.1. The average molecular weight is 740 g/mol. The van der Waals surface area contributed by atoms with Gasteiger partial charge in [-0.1, -0.05) is 196 Å². The van der Waals surface area contributed by atoms with Gasteiger partial charge in [0.15, 0.2) is 0 Å². The number of fused-ring (bicyclic) bond motifs is 7. The van der Waals surface area contributed by atoms with Gasteiger partial charge in [0.25, 0.3) is 0 Å². The van der Waals surface area contributed by atoms with Crippen LogP contribution in [-0.4, -0.2) is 0 Å². The Bertz CT molecular complexity index is 3170. The van der Waals surface area contributed by atoms with Crippen molar-refractivity contribution in [3.8, 4) is 44.5 Å². The summed E-state index contributed by atoms with van der Waals surface area (Å²) in [5, 5.41) is 7.46. The number of rotatable bonds is 6. The van der Waals surface area contributed by atoms with E-state index in [4.69, 9.17) is 0 Å². The molecule has 0 saturated carbocycles. The molecule has 0 N–H and O–H groups in total. The summed E-state index contributed by atoms with van der Waals surface area (Å²) in [7, 11) is 0. The molecular formula is C57H41N. The summed E-state index contributed by atoms with van der Waals surface area (Å²) < 4.78 is 0. The summed E-state index contributed by atoms with van der Waals surface area (Å²) in [4.78, 5) is 2.47. The lowest BCUT2D eigenvalue weighted by atomic mass is 9.82. The molecule has 10 aromatic rings. The highest BCUT2D eigenvalue weighted by molar-refractivity contribution is 6.14. The Labute approximate surface area is 340 Å². The zero-order chi connectivity index (χ0) is 38.8. The summed E-state index contributed by atoms with van der Waals surface area (Å²) in [6.07, 6.45) is 0. The van der Waals surface area contributed by atoms with Crippen LogP contribution in [0.1, 0.15) is 25.0 Å². The zero-order valence-electron chi connectivity index (χ0n) is 32.7. The van der Waals surface area contributed by atoms with Gasteiger partial charge in [-0.15, -0.1) is 0 Å². The van der Waals surface area contributed by atoms with E-state index in [9.17, 15) is 0 Å². The largest absolute Gasteiger partial charge is 0.310 e. The first-order valence-corrected chi connectivity index (χ1v) is 20.3. The van der Waals surface area contributed by atoms with Crippen molar-refractivity contribution < 1.29 is 0 Å². The van der Waals surface area contributed by atoms with E-state index >= 15 is 0 Å². The SMILES string of the molecule is CC1(C)c2ccccc2-c2ccc(N(c3ccc(-c4ccc5ccccc5c4-c4ccc(-c5ccccc5)cc4)cc3)c3cc4ccccc4c4ccccc34)cc21. The van der Waals surface area contributed by atoms with Gasteiger partial charge in [-0.05, 0) is 113 Å². The minimum absolute atomic E-state index is 0.116. The molecule has 0 radical (unpaired) electrons. The van der Waals surface area contributed by atoms with Crippen molar-refractivity contribution in [1.82, 2.24) is 0 Å². The van der Waals surface area contributed by atoms with Crippen molar-refractivity contribution >= 4 is 49.4 Å². The van der Waals surface area contributed by atoms with Gasteiger partial charge in [0, 0.05) is 22.2 Å². The molecule has 0 atom stereocenters. The maximum absolute atomic E-state index is 2.47. The predicted molar refractivity (Wildman–Crippen MR) is 248 cm³/mol. The molecule has 0 amide bonds. The normalized spacial score (nSPS) is 12.8. The lowest BCUT2D eigenvalue weighted by Gasteiger charge is -2.29. The molecule has 1 nitrogen and oxygen atoms in total. The van der Waals surface area contributed by atoms with Gasteiger partial charge in [0.2, 0.25) is 0 Å². The summed E-state index contributed by atoms with van der Waals surface area (Å²) >= 11 is 0. The van der Waals surface area contributed by atoms with Crippen LogP contribution in [0.2, 0.25) is 0 Å². The highest BCUT2D eigenvalue weighted by Gasteiger charge is 2.36. The molecule has 274 valence electrons. The maximum Gasteiger partial charge on any atom is 0.0546 e. The van der Waals surface area contributed by atoms with Crippen molar-refractivity contribution in [3.05, 3.63) is 223 Å². The third kappa shape index (κ3) is 5.46. The highest BCUT2D eigenvalue weighted by Crippen LogP contribution is 2.51. The number of hydrogen-bond donors (Lipinski definition) is 0. The second-order valence-electron chi connectivity index (χ2n) is 16.1. The smallest absolute Gasteiger partial charge is 0.0546 e. The van der Waals surface area contributed by atoms with E-state index in [2.05, 4.69) is 231 Å². The van der Waals surface area contributed by atoms with Gasteiger partial charge in [-0.2, -0.15) is 0 Å². The Hall–Kier alpha value is -7.22. The molecule has 0 unspecified atom stereocenters. The summed E-state index contributed by atoms with van der Waals surface area (Å²) in [5.41, 5.74) is 16.0. The van der Waals surface area contributed by atoms with Crippen molar-refractivity contribution in [3.63, 3.8) is 0 Å². The van der Waals surface area contributed by atoms with Gasteiger partial charge < -0.3 is 4.90 Å². The molecule has 1 aliphatic carbocycles. The van der Waals surface area contributed by atoms with Crippen LogP contribution >= 0.6 is 0 Å². The van der Waals surface area contributed by atoms with Gasteiger partial charge in [0.1, 0.15) is 0 Å². The van der Waals surface area contributed by atoms with Crippen LogP contribution in [0.5, 0.6) is 0 Å². The first kappa shape index (κ1) is 34.1. The molecule has 0 spiro atoms. The Morgan fingerprint density at radius 1 is 0.328 bits per heavy atom. The van der Waals surface area contributed by atoms with E-state index in [0.29, 0.717) is 0 Å². The second kappa shape index (κ2) is 13.5. The minimum atomic E-state index is -0.116. The van der Waals surface area contributed by atoms with Gasteiger partial charge in [0.05, 0.1) is 5.69 Å². The lowest BCUT2D eigenvalue weighted by molar-refractivity contribution is 0.660. The predicted octanol–water partition coefficient (Wildman–Crippen LogP) is 15.9. The van der Waals surface area contributed by atoms with Gasteiger partial charge in [-0.25, -0.2) is 0 Å². The fraction of sp³-hybridized carbons (Fsp3) is 0.0526. The van der Waals surface area contributed by atoms with Crippen LogP contribution in [0, 0.1) is 0 Å². The molecule has 0 aromatic heterocycles. The number of benzene rings is 10. The van der Waals surface area contributed by atoms with Crippen LogP contribution < -0.4 is 4.90 Å². The molecule has 11 rings (SSSR count). The monoisotopic (exact) mass is 739 g/mol. The van der Waals surface area contributed by atoms with Crippen molar-refractivity contribution in [2.24, 2.45) is 0 Å². The molecule has 0 heterocycles. The third-order valence-corrected chi connectivity index (χ3v) is 12.5. The fourth-order valence-corrected chi connectivity index (χ4v) is 9.55. The van der Waals surface area contributed by atoms with E-state index in [-0.39, 0.29) is 5.41 Å². The van der Waals surface area contributed by atoms with Crippen LogP contribution in [-0.2, 0) is 5.41 Å². The van der Waals surface area contributed by atoms with Crippen molar-refractivity contribution in [2.75, 3.05) is 4.90 Å². The van der Waals surface area contributed by atoms with E-state index in [0.717, 1.165) is 11.4 Å². The van der Waals surface area contributed by atoms with E-state index in [1.165, 1.54) is 93.6 Å². The van der Waals surface area contributed by atoms with E-state index < -0.39 is 0 Å². The van der Waals surface area contributed by atoms with Crippen LogP contribution in [0.3, 0.4) is 0 Å². The molecule has 0 aliphatic heterocycles. The first-order valence-electron chi connectivity index (χ1n) is 20.3. The molecule has 10 aromatic carbocycles. The van der Waals surface area contributed by atoms with E-state index in [1.807, 2.05) is 0 Å². The lowest BCUT2D eigenvalue weighted by Crippen LogP contribution is -2.16. The molecule has 1 heteroatoms. The van der Waals surface area contributed by atoms with Crippen molar-refractivity contribution in [2.45, 2.75) is 19.3 Å². The van der Waals surface area contributed by atoms with E-state index in [1.54, 1.807) is 0 Å². The maximum atomic E-state index is 2.47. The molecule has 0 fully saturated rings. The fourth-order valence-electron chi connectivity index (χ4n) is 9.55. The van der Waals surface area contributed by atoms with Gasteiger partial charge >= 0.3 is 0 Å². The first-order chi connectivity index (χ1) is 28.5. The Balaban J connectivity index is 1.08. The topological polar surface area (TPSA) is 3.24 Å². The molecule has 0 bridgehead atoms. The number of anilines is 3. The average Bonchev–Trinajstić information content (AvgIpc) is 3.52. The zero-order valence-corrected chi connectivity index (χ0v) is 32.7. The standard InChI is InChI=1S/C57H41N/c1-57(2)53-23-13-12-21-50(53)51-35-33-45(37-54(51)57)58(55-36-43-17-7-8-18-46(43)49-20-10-11-22-52(49)55)44-31-28-41(29-32-44)48-34-30-40-16-6-9-19-47(40)56(48)42-26-24-39(25-27-42)38-14-4-3-5-15-38/h3-37H,1-2H3. The molecule has 0 saturated heterocycles. The Morgan fingerprint density at radius 2 is 0.879 bits per heavy atom. The Morgan fingerprint density at radius 3 is 1.67 bits per heavy atom. The minimum Gasteiger partial charge on any atom is -0.310 e. The molecule has 1 aliphatic rings. The van der Waals surface area contributed by atoms with Crippen LogP contribution in [0.15, 0.2) is 212 Å². The van der Waals surface area contributed by atoms with Crippen LogP contribution in [0.25, 0.3) is 76.8 Å². The third-order valence-electron chi connectivity index (χ3n) is 12.5. The summed E-state index contributed by atoms with van der Waals surface area (Å²) in [5.74, 6) is 0. The van der Waals surface area contributed by atoms with Crippen molar-refractivity contribution in [1.29, 1.82) is 0 Å². The van der Waals surface area contributed by atoms with Gasteiger partial charge in [-0.3, -0.25) is 0 Å². The summed E-state index contributed by atoms with van der Waals surface area (Å²) in [6, 6.07) is 78.2. The number of nitrogens with zero attached hydrogens (tertiary/aromatic N) is 1. The molecule has 58 heavy (non-hydrogen) atoms. The van der Waals surface area contributed by atoms with Crippen LogP contribution in [0.4, 0.5) is 17.1 Å². The quantitative estimate of drug-likeness (QED) is 0.154. The highest BCUT2D eigenvalue weighted by atomic mass is 15.1. The number of hydrogen-bond acceptors (Lipinski definition) is 1.